The zero-order valence-electron chi connectivity index (χ0n) is 14.1. The topological polar surface area (TPSA) is 51.7 Å². The van der Waals surface area contributed by atoms with E-state index in [1.807, 2.05) is 48.0 Å². The van der Waals surface area contributed by atoms with Gasteiger partial charge in [-0.2, -0.15) is 0 Å². The maximum Gasteiger partial charge on any atom is 0.246 e. The molecule has 0 radical (unpaired) electrons. The molecule has 0 aliphatic carbocycles. The quantitative estimate of drug-likeness (QED) is 0.656. The molecule has 2 aromatic heterocycles. The number of nitrogens with zero attached hydrogens (tertiary/aromatic N) is 2. The highest BCUT2D eigenvalue weighted by Gasteiger charge is 2.13. The molecule has 1 fully saturated rings. The molecular formula is C20H18N2O3S. The Balaban J connectivity index is 1.42. The van der Waals surface area contributed by atoms with Gasteiger partial charge in [0.25, 0.3) is 0 Å². The lowest BCUT2D eigenvalue weighted by Gasteiger charge is -2.25. The van der Waals surface area contributed by atoms with Gasteiger partial charge in [0, 0.05) is 30.7 Å². The molecule has 0 saturated carbocycles. The van der Waals surface area contributed by atoms with E-state index in [-0.39, 0.29) is 5.91 Å². The summed E-state index contributed by atoms with van der Waals surface area (Å²) in [6.07, 6.45) is 7.00. The Morgan fingerprint density at radius 2 is 1.96 bits per heavy atom. The number of fused-ring (bicyclic) bond motifs is 1. The Kier molecular flexibility index (Phi) is 4.95. The van der Waals surface area contributed by atoms with E-state index in [9.17, 15) is 4.79 Å². The number of carbonyl (C=O) groups is 1. The predicted octanol–water partition coefficient (Wildman–Crippen LogP) is 3.96. The first-order chi connectivity index (χ1) is 12.8. The minimum absolute atomic E-state index is 0.0174. The van der Waals surface area contributed by atoms with E-state index in [0.29, 0.717) is 26.3 Å². The molecule has 26 heavy (non-hydrogen) atoms. The Morgan fingerprint density at radius 3 is 2.77 bits per heavy atom. The van der Waals surface area contributed by atoms with Crippen LogP contribution in [0.3, 0.4) is 0 Å². The number of carbonyl (C=O) groups excluding carboxylic acids is 1. The van der Waals surface area contributed by atoms with Crippen LogP contribution in [0.1, 0.15) is 5.56 Å². The van der Waals surface area contributed by atoms with Gasteiger partial charge >= 0.3 is 0 Å². The summed E-state index contributed by atoms with van der Waals surface area (Å²) >= 11 is 1.64. The first-order valence-corrected chi connectivity index (χ1v) is 9.31. The van der Waals surface area contributed by atoms with Crippen molar-refractivity contribution in [3.8, 4) is 11.5 Å². The number of ether oxygens (including phenoxy) is 2. The van der Waals surface area contributed by atoms with Crippen molar-refractivity contribution in [1.29, 1.82) is 0 Å². The molecule has 1 saturated heterocycles. The number of thiophene rings is 1. The summed E-state index contributed by atoms with van der Waals surface area (Å²) in [5.41, 5.74) is 0.950. The highest BCUT2D eigenvalue weighted by atomic mass is 32.1. The second-order valence-corrected chi connectivity index (χ2v) is 6.86. The summed E-state index contributed by atoms with van der Waals surface area (Å²) in [4.78, 5) is 18.1. The summed E-state index contributed by atoms with van der Waals surface area (Å²) in [6, 6.07) is 9.68. The third-order valence-corrected chi connectivity index (χ3v) is 5.04. The van der Waals surface area contributed by atoms with E-state index in [1.165, 1.54) is 0 Å². The van der Waals surface area contributed by atoms with Gasteiger partial charge in [-0.3, -0.25) is 9.78 Å². The van der Waals surface area contributed by atoms with Crippen molar-refractivity contribution in [3.05, 3.63) is 59.7 Å². The van der Waals surface area contributed by atoms with Crippen molar-refractivity contribution in [2.24, 2.45) is 0 Å². The van der Waals surface area contributed by atoms with Crippen LogP contribution in [-0.4, -0.2) is 42.1 Å². The van der Waals surface area contributed by atoms with Gasteiger partial charge in [0.05, 0.1) is 24.1 Å². The Morgan fingerprint density at radius 1 is 1.15 bits per heavy atom. The standard InChI is InChI=1S/C20H18N2O3S/c23-20(22-8-10-24-11-9-22)6-3-15-1-4-16(5-2-15)25-18-13-21-14-19-17(18)7-12-26-19/h1-7,12-14H,8-11H2. The van der Waals surface area contributed by atoms with Gasteiger partial charge in [0.1, 0.15) is 5.75 Å². The fourth-order valence-corrected chi connectivity index (χ4v) is 3.55. The zero-order chi connectivity index (χ0) is 17.8. The molecule has 132 valence electrons. The van der Waals surface area contributed by atoms with Crippen LogP contribution in [0.25, 0.3) is 16.2 Å². The number of morpholine rings is 1. The van der Waals surface area contributed by atoms with E-state index < -0.39 is 0 Å². The number of hydrogen-bond acceptors (Lipinski definition) is 5. The summed E-state index contributed by atoms with van der Waals surface area (Å²) in [6.45, 7) is 2.52. The van der Waals surface area contributed by atoms with Crippen LogP contribution in [-0.2, 0) is 9.53 Å². The third-order valence-electron chi connectivity index (χ3n) is 4.19. The van der Waals surface area contributed by atoms with Gasteiger partial charge in [0.2, 0.25) is 5.91 Å². The van der Waals surface area contributed by atoms with Gasteiger partial charge < -0.3 is 14.4 Å². The highest BCUT2D eigenvalue weighted by molar-refractivity contribution is 7.17. The summed E-state index contributed by atoms with van der Waals surface area (Å²) < 4.78 is 12.3. The molecule has 0 atom stereocenters. The lowest BCUT2D eigenvalue weighted by molar-refractivity contribution is -0.129. The van der Waals surface area contributed by atoms with Crippen molar-refractivity contribution in [2.45, 2.75) is 0 Å². The van der Waals surface area contributed by atoms with Crippen LogP contribution in [0, 0.1) is 0 Å². The number of benzene rings is 1. The summed E-state index contributed by atoms with van der Waals surface area (Å²) in [5, 5.41) is 3.09. The maximum atomic E-state index is 12.1. The van der Waals surface area contributed by atoms with Gasteiger partial charge in [0.15, 0.2) is 5.75 Å². The average molecular weight is 366 g/mol. The zero-order valence-corrected chi connectivity index (χ0v) is 14.9. The van der Waals surface area contributed by atoms with Crippen molar-refractivity contribution >= 4 is 33.4 Å². The highest BCUT2D eigenvalue weighted by Crippen LogP contribution is 2.31. The SMILES string of the molecule is O=C(C=Cc1ccc(Oc2cncc3sccc23)cc1)N1CCOCC1. The number of rotatable bonds is 4. The molecule has 3 aromatic rings. The van der Waals surface area contributed by atoms with Crippen LogP contribution >= 0.6 is 11.3 Å². The van der Waals surface area contributed by atoms with Crippen LogP contribution in [0.2, 0.25) is 0 Å². The van der Waals surface area contributed by atoms with Crippen LogP contribution < -0.4 is 4.74 Å². The fourth-order valence-electron chi connectivity index (χ4n) is 2.78. The Bertz CT molecular complexity index is 928. The average Bonchev–Trinajstić information content (AvgIpc) is 3.18. The van der Waals surface area contributed by atoms with Crippen molar-refractivity contribution < 1.29 is 14.3 Å². The molecule has 5 nitrogen and oxygen atoms in total. The molecular weight excluding hydrogens is 348 g/mol. The van der Waals surface area contributed by atoms with Crippen molar-refractivity contribution in [2.75, 3.05) is 26.3 Å². The third kappa shape index (κ3) is 3.76. The van der Waals surface area contributed by atoms with Crippen molar-refractivity contribution in [1.82, 2.24) is 9.88 Å². The summed E-state index contributed by atoms with van der Waals surface area (Å²) in [7, 11) is 0. The Hall–Kier alpha value is -2.70. The lowest BCUT2D eigenvalue weighted by Crippen LogP contribution is -2.39. The molecule has 3 heterocycles. The van der Waals surface area contributed by atoms with Crippen LogP contribution in [0.15, 0.2) is 54.2 Å². The minimum Gasteiger partial charge on any atom is -0.455 e. The predicted molar refractivity (Wildman–Crippen MR) is 103 cm³/mol. The molecule has 1 aliphatic rings. The minimum atomic E-state index is 0.0174. The van der Waals surface area contributed by atoms with E-state index >= 15 is 0 Å². The van der Waals surface area contributed by atoms with Gasteiger partial charge in [-0.05, 0) is 35.2 Å². The van der Waals surface area contributed by atoms with Crippen LogP contribution in [0.5, 0.6) is 11.5 Å². The first-order valence-electron chi connectivity index (χ1n) is 8.43. The van der Waals surface area contributed by atoms with E-state index in [2.05, 4.69) is 4.98 Å². The Labute approximate surface area is 155 Å². The maximum absolute atomic E-state index is 12.1. The van der Waals surface area contributed by atoms with E-state index in [1.54, 1.807) is 28.5 Å². The van der Waals surface area contributed by atoms with E-state index in [4.69, 9.17) is 9.47 Å². The van der Waals surface area contributed by atoms with E-state index in [0.717, 1.165) is 27.1 Å². The normalized spacial score (nSPS) is 14.8. The molecule has 1 aromatic carbocycles. The number of pyridine rings is 1. The molecule has 0 bridgehead atoms. The summed E-state index contributed by atoms with van der Waals surface area (Å²) in [5.74, 6) is 1.50. The number of hydrogen-bond donors (Lipinski definition) is 0. The molecule has 4 rings (SSSR count). The van der Waals surface area contributed by atoms with Gasteiger partial charge in [-0.15, -0.1) is 11.3 Å². The molecule has 6 heteroatoms. The first kappa shape index (κ1) is 16.8. The number of aromatic nitrogens is 1. The van der Waals surface area contributed by atoms with Crippen molar-refractivity contribution in [3.63, 3.8) is 0 Å². The second-order valence-electron chi connectivity index (χ2n) is 5.91. The van der Waals surface area contributed by atoms with Gasteiger partial charge in [-0.1, -0.05) is 12.1 Å². The largest absolute Gasteiger partial charge is 0.455 e. The fraction of sp³-hybridized carbons (Fsp3) is 0.200. The molecule has 0 unspecified atom stereocenters. The molecule has 0 N–H and O–H groups in total. The molecule has 0 spiro atoms. The van der Waals surface area contributed by atoms with Gasteiger partial charge in [-0.25, -0.2) is 0 Å². The molecule has 1 amide bonds. The molecule has 1 aliphatic heterocycles. The number of amides is 1. The smallest absolute Gasteiger partial charge is 0.246 e. The second kappa shape index (κ2) is 7.68. The van der Waals surface area contributed by atoms with Crippen LogP contribution in [0.4, 0.5) is 0 Å². The monoisotopic (exact) mass is 366 g/mol. The lowest BCUT2D eigenvalue weighted by atomic mass is 10.2.